The number of carbonyl (C=O) groups is 1. The van der Waals surface area contributed by atoms with Crippen LogP contribution in [0.5, 0.6) is 0 Å². The summed E-state index contributed by atoms with van der Waals surface area (Å²) in [5, 5.41) is 7.57. The molecule has 0 saturated carbocycles. The van der Waals surface area contributed by atoms with Gasteiger partial charge in [-0.05, 0) is 60.5 Å². The van der Waals surface area contributed by atoms with Gasteiger partial charge in [0.1, 0.15) is 6.29 Å². The van der Waals surface area contributed by atoms with Gasteiger partial charge in [-0.15, -0.1) is 0 Å². The molecule has 4 heteroatoms. The summed E-state index contributed by atoms with van der Waals surface area (Å²) in [7, 11) is 1.94. The van der Waals surface area contributed by atoms with Gasteiger partial charge in [-0.1, -0.05) is 72.3 Å². The maximum Gasteiger partial charge on any atom is 0.120 e. The zero-order valence-electron chi connectivity index (χ0n) is 18.7. The molecular formula is C28H31ClN2O. The topological polar surface area (TPSA) is 41.1 Å². The van der Waals surface area contributed by atoms with Crippen molar-refractivity contribution in [2.24, 2.45) is 0 Å². The Hall–Kier alpha value is -2.46. The van der Waals surface area contributed by atoms with Crippen molar-refractivity contribution >= 4 is 17.9 Å². The van der Waals surface area contributed by atoms with Gasteiger partial charge < -0.3 is 15.4 Å². The van der Waals surface area contributed by atoms with E-state index in [9.17, 15) is 4.79 Å². The number of aldehydes is 1. The predicted octanol–water partition coefficient (Wildman–Crippen LogP) is 5.82. The minimum Gasteiger partial charge on any atom is -0.316 e. The normalized spacial score (nSPS) is 13.7. The minimum atomic E-state index is 0.306. The second-order valence-electron chi connectivity index (χ2n) is 8.52. The van der Waals surface area contributed by atoms with Crippen LogP contribution in [-0.2, 0) is 24.2 Å². The van der Waals surface area contributed by atoms with Gasteiger partial charge in [0, 0.05) is 36.7 Å². The number of hydrogen-bond acceptors (Lipinski definition) is 3. The molecule has 0 fully saturated rings. The van der Waals surface area contributed by atoms with Gasteiger partial charge >= 0.3 is 0 Å². The number of aryl methyl sites for hydroxylation is 1. The molecule has 0 amide bonds. The summed E-state index contributed by atoms with van der Waals surface area (Å²) in [6.07, 6.45) is 5.96. The molecule has 0 bridgehead atoms. The Labute approximate surface area is 196 Å². The van der Waals surface area contributed by atoms with Crippen LogP contribution >= 0.6 is 11.6 Å². The first-order valence-corrected chi connectivity index (χ1v) is 11.9. The summed E-state index contributed by atoms with van der Waals surface area (Å²) in [5.74, 6) is 0. The van der Waals surface area contributed by atoms with E-state index < -0.39 is 0 Å². The van der Waals surface area contributed by atoms with Crippen LogP contribution in [0.2, 0.25) is 5.02 Å². The van der Waals surface area contributed by atoms with Crippen LogP contribution in [0.15, 0.2) is 60.7 Å². The van der Waals surface area contributed by atoms with Crippen molar-refractivity contribution < 1.29 is 4.79 Å². The summed E-state index contributed by atoms with van der Waals surface area (Å²) in [6.45, 7) is 1.63. The summed E-state index contributed by atoms with van der Waals surface area (Å²) in [4.78, 5) is 10.6. The van der Waals surface area contributed by atoms with Gasteiger partial charge in [0.15, 0.2) is 0 Å². The smallest absolute Gasteiger partial charge is 0.120 e. The lowest BCUT2D eigenvalue weighted by Gasteiger charge is -2.16. The van der Waals surface area contributed by atoms with E-state index in [1.807, 2.05) is 7.05 Å². The number of carbonyl (C=O) groups excluding carboxylic acids is 1. The maximum absolute atomic E-state index is 10.6. The Morgan fingerprint density at radius 2 is 1.72 bits per heavy atom. The van der Waals surface area contributed by atoms with Crippen LogP contribution in [0.1, 0.15) is 36.0 Å². The molecule has 0 saturated heterocycles. The number of halogens is 1. The molecule has 0 spiro atoms. The third kappa shape index (κ3) is 5.12. The first-order chi connectivity index (χ1) is 15.7. The fourth-order valence-electron chi connectivity index (χ4n) is 4.65. The molecule has 0 heterocycles. The highest BCUT2D eigenvalue weighted by Crippen LogP contribution is 2.40. The second kappa shape index (κ2) is 10.9. The number of rotatable bonds is 10. The first-order valence-electron chi connectivity index (χ1n) is 11.5. The lowest BCUT2D eigenvalue weighted by atomic mass is 9.94. The SMILES string of the molecule is CNC(CCC=O)CNCc1ccc(-c2cccc(-c3cccc4c3CCC4)c2Cl)cc1. The van der Waals surface area contributed by atoms with E-state index in [-0.39, 0.29) is 0 Å². The third-order valence-electron chi connectivity index (χ3n) is 6.46. The van der Waals surface area contributed by atoms with Gasteiger partial charge in [-0.2, -0.15) is 0 Å². The lowest BCUT2D eigenvalue weighted by molar-refractivity contribution is -0.108. The highest BCUT2D eigenvalue weighted by Gasteiger charge is 2.18. The van der Waals surface area contributed by atoms with E-state index in [0.717, 1.165) is 53.9 Å². The Balaban J connectivity index is 1.48. The van der Waals surface area contributed by atoms with Crippen molar-refractivity contribution in [1.82, 2.24) is 10.6 Å². The molecule has 3 aromatic carbocycles. The molecule has 0 aromatic heterocycles. The van der Waals surface area contributed by atoms with Gasteiger partial charge in [0.05, 0.1) is 5.02 Å². The van der Waals surface area contributed by atoms with Crippen molar-refractivity contribution in [3.8, 4) is 22.3 Å². The quantitative estimate of drug-likeness (QED) is 0.385. The van der Waals surface area contributed by atoms with Crippen LogP contribution in [0.25, 0.3) is 22.3 Å². The van der Waals surface area contributed by atoms with Gasteiger partial charge in [-0.25, -0.2) is 0 Å². The molecule has 4 rings (SSSR count). The molecule has 1 unspecified atom stereocenters. The van der Waals surface area contributed by atoms with Gasteiger partial charge in [-0.3, -0.25) is 0 Å². The highest BCUT2D eigenvalue weighted by molar-refractivity contribution is 6.36. The Kier molecular flexibility index (Phi) is 7.75. The monoisotopic (exact) mass is 446 g/mol. The molecule has 32 heavy (non-hydrogen) atoms. The second-order valence-corrected chi connectivity index (χ2v) is 8.90. The Morgan fingerprint density at radius 1 is 0.969 bits per heavy atom. The largest absolute Gasteiger partial charge is 0.316 e. The summed E-state index contributed by atoms with van der Waals surface area (Å²) in [5.41, 5.74) is 8.76. The van der Waals surface area contributed by atoms with Crippen LogP contribution in [0, 0.1) is 0 Å². The van der Waals surface area contributed by atoms with Crippen LogP contribution < -0.4 is 10.6 Å². The van der Waals surface area contributed by atoms with E-state index in [1.165, 1.54) is 35.1 Å². The molecule has 0 radical (unpaired) electrons. The van der Waals surface area contributed by atoms with E-state index >= 15 is 0 Å². The zero-order chi connectivity index (χ0) is 22.3. The molecule has 1 aliphatic rings. The Morgan fingerprint density at radius 3 is 2.50 bits per heavy atom. The third-order valence-corrected chi connectivity index (χ3v) is 6.87. The van der Waals surface area contributed by atoms with Crippen molar-refractivity contribution in [2.45, 2.75) is 44.7 Å². The van der Waals surface area contributed by atoms with E-state index in [0.29, 0.717) is 12.5 Å². The highest BCUT2D eigenvalue weighted by atomic mass is 35.5. The summed E-state index contributed by atoms with van der Waals surface area (Å²) >= 11 is 6.95. The summed E-state index contributed by atoms with van der Waals surface area (Å²) < 4.78 is 0. The molecule has 2 N–H and O–H groups in total. The molecule has 0 aliphatic heterocycles. The van der Waals surface area contributed by atoms with Crippen LogP contribution in [0.3, 0.4) is 0 Å². The molecule has 166 valence electrons. The molecular weight excluding hydrogens is 416 g/mol. The minimum absolute atomic E-state index is 0.306. The Bertz CT molecular complexity index is 1060. The molecule has 3 aromatic rings. The van der Waals surface area contributed by atoms with Gasteiger partial charge in [0.25, 0.3) is 0 Å². The molecule has 3 nitrogen and oxygen atoms in total. The predicted molar refractivity (Wildman–Crippen MR) is 134 cm³/mol. The average molecular weight is 447 g/mol. The number of benzene rings is 3. The van der Waals surface area contributed by atoms with Crippen molar-refractivity contribution in [3.05, 3.63) is 82.4 Å². The maximum atomic E-state index is 10.6. The van der Waals surface area contributed by atoms with E-state index in [4.69, 9.17) is 11.6 Å². The van der Waals surface area contributed by atoms with Crippen molar-refractivity contribution in [1.29, 1.82) is 0 Å². The summed E-state index contributed by atoms with van der Waals surface area (Å²) in [6, 6.07) is 21.9. The molecule has 1 atom stereocenters. The standard InChI is InChI=1S/C28H31ClN2O/c1-30-23(8-5-17-32)19-31-18-20-13-15-22(16-14-20)25-10-4-12-27(28(25)29)26-11-3-7-21-6-2-9-24(21)26/h3-4,7,10-17,23,30-31H,2,5-6,8-9,18-19H2,1H3. The zero-order valence-corrected chi connectivity index (χ0v) is 19.4. The van der Waals surface area contributed by atoms with E-state index in [2.05, 4.69) is 71.3 Å². The fraction of sp³-hybridized carbons (Fsp3) is 0.321. The first kappa shape index (κ1) is 22.7. The van der Waals surface area contributed by atoms with E-state index in [1.54, 1.807) is 0 Å². The van der Waals surface area contributed by atoms with Crippen LogP contribution in [0.4, 0.5) is 0 Å². The van der Waals surface area contributed by atoms with Crippen molar-refractivity contribution in [2.75, 3.05) is 13.6 Å². The number of likely N-dealkylation sites (N-methyl/N-ethyl adjacent to an activating group) is 1. The van der Waals surface area contributed by atoms with Crippen molar-refractivity contribution in [3.63, 3.8) is 0 Å². The van der Waals surface area contributed by atoms with Crippen LogP contribution in [-0.4, -0.2) is 25.9 Å². The number of hydrogen-bond donors (Lipinski definition) is 2. The van der Waals surface area contributed by atoms with Gasteiger partial charge in [0.2, 0.25) is 0 Å². The fourth-order valence-corrected chi connectivity index (χ4v) is 4.98. The number of nitrogens with one attached hydrogen (secondary N) is 2. The lowest BCUT2D eigenvalue weighted by Crippen LogP contribution is -2.36. The molecule has 1 aliphatic carbocycles. The average Bonchev–Trinajstić information content (AvgIpc) is 3.31. The number of fused-ring (bicyclic) bond motifs is 1.